The number of rotatable bonds is 5. The third-order valence-corrected chi connectivity index (χ3v) is 4.35. The minimum absolute atomic E-state index is 0.175. The molecule has 0 aromatic rings. The molecule has 0 bridgehead atoms. The summed E-state index contributed by atoms with van der Waals surface area (Å²) < 4.78 is 24.5. The first-order chi connectivity index (χ1) is 7.47. The summed E-state index contributed by atoms with van der Waals surface area (Å²) in [7, 11) is -3.06. The molecule has 1 rings (SSSR count). The van der Waals surface area contributed by atoms with Gasteiger partial charge in [0.15, 0.2) is 0 Å². The summed E-state index contributed by atoms with van der Waals surface area (Å²) in [6.07, 6.45) is 9.42. The van der Waals surface area contributed by atoms with Crippen LogP contribution in [0.3, 0.4) is 0 Å². The average molecular weight is 248 g/mol. The standard InChI is InChI=1S/C11H24N2O2S/c1-16(14,15)13-9-8-11(10-12)6-4-2-3-5-7-11/h13H,2-10,12H2,1H3. The number of hydrogen-bond acceptors (Lipinski definition) is 3. The maximum Gasteiger partial charge on any atom is 0.208 e. The fraction of sp³-hybridized carbons (Fsp3) is 1.00. The Morgan fingerprint density at radius 1 is 1.19 bits per heavy atom. The van der Waals surface area contributed by atoms with Gasteiger partial charge in [0, 0.05) is 6.54 Å². The van der Waals surface area contributed by atoms with Gasteiger partial charge in [-0.25, -0.2) is 13.1 Å². The van der Waals surface area contributed by atoms with E-state index in [2.05, 4.69) is 4.72 Å². The van der Waals surface area contributed by atoms with Crippen LogP contribution >= 0.6 is 0 Å². The smallest absolute Gasteiger partial charge is 0.208 e. The van der Waals surface area contributed by atoms with Gasteiger partial charge < -0.3 is 5.73 Å². The van der Waals surface area contributed by atoms with Gasteiger partial charge in [0.1, 0.15) is 0 Å². The van der Waals surface area contributed by atoms with Crippen LogP contribution in [-0.4, -0.2) is 27.8 Å². The van der Waals surface area contributed by atoms with Crippen molar-refractivity contribution in [1.82, 2.24) is 4.72 Å². The fourth-order valence-electron chi connectivity index (χ4n) is 2.54. The Balaban J connectivity index is 2.45. The molecule has 0 atom stereocenters. The molecule has 4 nitrogen and oxygen atoms in total. The van der Waals surface area contributed by atoms with Crippen molar-refractivity contribution in [3.8, 4) is 0 Å². The topological polar surface area (TPSA) is 72.2 Å². The maximum absolute atomic E-state index is 11.0. The summed E-state index contributed by atoms with van der Waals surface area (Å²) in [5.41, 5.74) is 6.06. The Bertz CT molecular complexity index is 293. The first-order valence-electron chi connectivity index (χ1n) is 6.12. The maximum atomic E-state index is 11.0. The van der Waals surface area contributed by atoms with Crippen molar-refractivity contribution >= 4 is 10.0 Å². The van der Waals surface area contributed by atoms with Gasteiger partial charge in [0.2, 0.25) is 10.0 Å². The number of nitrogens with two attached hydrogens (primary N) is 1. The molecule has 0 amide bonds. The second-order valence-corrected chi connectivity index (χ2v) is 6.87. The monoisotopic (exact) mass is 248 g/mol. The van der Waals surface area contributed by atoms with Crippen LogP contribution in [0.2, 0.25) is 0 Å². The zero-order valence-corrected chi connectivity index (χ0v) is 11.0. The minimum atomic E-state index is -3.06. The lowest BCUT2D eigenvalue weighted by molar-refractivity contribution is 0.235. The summed E-state index contributed by atoms with van der Waals surface area (Å²) in [4.78, 5) is 0. The van der Waals surface area contributed by atoms with Crippen molar-refractivity contribution in [2.75, 3.05) is 19.3 Å². The quantitative estimate of drug-likeness (QED) is 0.719. The Hall–Kier alpha value is -0.130. The van der Waals surface area contributed by atoms with E-state index in [1.165, 1.54) is 31.9 Å². The van der Waals surface area contributed by atoms with Gasteiger partial charge >= 0.3 is 0 Å². The molecule has 0 heterocycles. The molecule has 1 fully saturated rings. The summed E-state index contributed by atoms with van der Waals surface area (Å²) >= 11 is 0. The van der Waals surface area contributed by atoms with Gasteiger partial charge in [-0.2, -0.15) is 0 Å². The Morgan fingerprint density at radius 3 is 2.19 bits per heavy atom. The van der Waals surface area contributed by atoms with Crippen molar-refractivity contribution in [3.63, 3.8) is 0 Å². The molecule has 0 aliphatic heterocycles. The molecule has 0 saturated heterocycles. The predicted molar refractivity (Wildman–Crippen MR) is 66.7 cm³/mol. The molecular formula is C11H24N2O2S. The third kappa shape index (κ3) is 4.80. The van der Waals surface area contributed by atoms with Gasteiger partial charge in [-0.3, -0.25) is 0 Å². The first-order valence-corrected chi connectivity index (χ1v) is 8.01. The minimum Gasteiger partial charge on any atom is -0.330 e. The molecule has 1 aliphatic rings. The van der Waals surface area contributed by atoms with Crippen LogP contribution in [0.25, 0.3) is 0 Å². The van der Waals surface area contributed by atoms with Gasteiger partial charge in [0.25, 0.3) is 0 Å². The van der Waals surface area contributed by atoms with Crippen LogP contribution in [0.5, 0.6) is 0 Å². The fourth-order valence-corrected chi connectivity index (χ4v) is 3.01. The highest BCUT2D eigenvalue weighted by Gasteiger charge is 2.29. The van der Waals surface area contributed by atoms with E-state index in [-0.39, 0.29) is 5.41 Å². The molecule has 0 unspecified atom stereocenters. The molecule has 0 aromatic carbocycles. The Kier molecular flexibility index (Phi) is 5.21. The molecule has 0 spiro atoms. The van der Waals surface area contributed by atoms with E-state index in [1.807, 2.05) is 0 Å². The highest BCUT2D eigenvalue weighted by Crippen LogP contribution is 2.36. The lowest BCUT2D eigenvalue weighted by atomic mass is 9.77. The highest BCUT2D eigenvalue weighted by atomic mass is 32.2. The Morgan fingerprint density at radius 2 is 1.75 bits per heavy atom. The SMILES string of the molecule is CS(=O)(=O)NCCC1(CN)CCCCCC1. The van der Waals surface area contributed by atoms with Gasteiger partial charge in [-0.15, -0.1) is 0 Å². The first kappa shape index (κ1) is 13.9. The van der Waals surface area contributed by atoms with Crippen LogP contribution in [0.4, 0.5) is 0 Å². The lowest BCUT2D eigenvalue weighted by Crippen LogP contribution is -2.35. The number of hydrogen-bond donors (Lipinski definition) is 2. The third-order valence-electron chi connectivity index (χ3n) is 3.62. The van der Waals surface area contributed by atoms with E-state index in [9.17, 15) is 8.42 Å². The molecule has 16 heavy (non-hydrogen) atoms. The molecule has 96 valence electrons. The highest BCUT2D eigenvalue weighted by molar-refractivity contribution is 7.88. The van der Waals surface area contributed by atoms with Crippen LogP contribution in [0.15, 0.2) is 0 Å². The molecule has 3 N–H and O–H groups in total. The van der Waals surface area contributed by atoms with Gasteiger partial charge in [0.05, 0.1) is 6.26 Å². The van der Waals surface area contributed by atoms with Crippen LogP contribution in [0.1, 0.15) is 44.9 Å². The van der Waals surface area contributed by atoms with Crippen molar-refractivity contribution in [2.24, 2.45) is 11.1 Å². The molecular weight excluding hydrogens is 224 g/mol. The number of sulfonamides is 1. The zero-order chi connectivity index (χ0) is 12.1. The zero-order valence-electron chi connectivity index (χ0n) is 10.2. The van der Waals surface area contributed by atoms with E-state index in [4.69, 9.17) is 5.73 Å². The average Bonchev–Trinajstić information content (AvgIpc) is 2.42. The van der Waals surface area contributed by atoms with Crippen LogP contribution < -0.4 is 10.5 Å². The van der Waals surface area contributed by atoms with E-state index in [1.54, 1.807) is 0 Å². The Labute approximate surface area is 99.0 Å². The molecule has 5 heteroatoms. The molecule has 1 saturated carbocycles. The van der Waals surface area contributed by atoms with Gasteiger partial charge in [-0.1, -0.05) is 25.7 Å². The van der Waals surface area contributed by atoms with E-state index >= 15 is 0 Å². The summed E-state index contributed by atoms with van der Waals surface area (Å²) in [5, 5.41) is 0. The van der Waals surface area contributed by atoms with Crippen molar-refractivity contribution in [1.29, 1.82) is 0 Å². The largest absolute Gasteiger partial charge is 0.330 e. The summed E-state index contributed by atoms with van der Waals surface area (Å²) in [6.45, 7) is 1.20. The van der Waals surface area contributed by atoms with E-state index in [0.29, 0.717) is 13.1 Å². The van der Waals surface area contributed by atoms with Crippen molar-refractivity contribution in [3.05, 3.63) is 0 Å². The summed E-state index contributed by atoms with van der Waals surface area (Å²) in [5.74, 6) is 0. The molecule has 0 aromatic heterocycles. The molecule has 1 aliphatic carbocycles. The second kappa shape index (κ2) is 5.98. The molecule has 0 radical (unpaired) electrons. The van der Waals surface area contributed by atoms with Crippen LogP contribution in [0, 0.1) is 5.41 Å². The van der Waals surface area contributed by atoms with Gasteiger partial charge in [-0.05, 0) is 31.2 Å². The summed E-state index contributed by atoms with van der Waals surface area (Å²) in [6, 6.07) is 0. The van der Waals surface area contributed by atoms with E-state index in [0.717, 1.165) is 19.3 Å². The lowest BCUT2D eigenvalue weighted by Gasteiger charge is -2.31. The van der Waals surface area contributed by atoms with Crippen LogP contribution in [-0.2, 0) is 10.0 Å². The van der Waals surface area contributed by atoms with Crippen molar-refractivity contribution in [2.45, 2.75) is 44.9 Å². The predicted octanol–water partition coefficient (Wildman–Crippen LogP) is 1.22. The second-order valence-electron chi connectivity index (χ2n) is 5.03. The normalized spacial score (nSPS) is 21.6. The van der Waals surface area contributed by atoms with E-state index < -0.39 is 10.0 Å². The van der Waals surface area contributed by atoms with Crippen molar-refractivity contribution < 1.29 is 8.42 Å². The number of nitrogens with one attached hydrogen (secondary N) is 1.